The van der Waals surface area contributed by atoms with Gasteiger partial charge in [0.15, 0.2) is 4.21 Å². The number of thiazole rings is 1. The van der Waals surface area contributed by atoms with E-state index >= 15 is 0 Å². The van der Waals surface area contributed by atoms with E-state index in [1.165, 1.54) is 0 Å². The lowest BCUT2D eigenvalue weighted by Crippen LogP contribution is -1.83. The maximum Gasteiger partial charge on any atom is 0.272 e. The maximum atomic E-state index is 10.7. The zero-order chi connectivity index (χ0) is 10.3. The molecule has 0 saturated heterocycles. The third kappa shape index (κ3) is 1.68. The largest absolute Gasteiger partial charge is 0.272 e. The first-order valence-electron chi connectivity index (χ1n) is 3.62. The number of hydrogen-bond donors (Lipinski definition) is 0. The molecule has 0 N–H and O–H groups in total. The fourth-order valence-corrected chi connectivity index (χ4v) is 1.99. The number of aromatic nitrogens is 1. The molecule has 0 bridgehead atoms. The van der Waals surface area contributed by atoms with Crippen molar-refractivity contribution in [2.45, 2.75) is 11.1 Å². The Hall–Kier alpha value is -0.130. The van der Waals surface area contributed by atoms with Gasteiger partial charge >= 0.3 is 0 Å². The Labute approximate surface area is 71.3 Å². The highest BCUT2D eigenvalue weighted by Gasteiger charge is 2.12. The van der Waals surface area contributed by atoms with Gasteiger partial charge in [-0.25, -0.2) is 13.4 Å². The summed E-state index contributed by atoms with van der Waals surface area (Å²) in [5, 5.41) is -0.230. The second kappa shape index (κ2) is 2.48. The van der Waals surface area contributed by atoms with E-state index < -0.39 is 15.9 Å². The Bertz CT molecular complexity index is 409. The number of halogens is 1. The molecule has 1 heterocycles. The highest BCUT2D eigenvalue weighted by molar-refractivity contribution is 8.15. The summed E-state index contributed by atoms with van der Waals surface area (Å²) >= 11 is 0.553. The van der Waals surface area contributed by atoms with Crippen molar-refractivity contribution in [3.63, 3.8) is 0 Å². The minimum atomic E-state index is -3.86. The first-order valence-corrected chi connectivity index (χ1v) is 5.25. The zero-order valence-corrected chi connectivity index (χ0v) is 6.92. The molecule has 0 atom stereocenters. The van der Waals surface area contributed by atoms with Crippen LogP contribution < -0.4 is 0 Å². The SMILES string of the molecule is [2H]C([2H])([2H])c1ncc(S(=O)(=O)Cl)s1. The Morgan fingerprint density at radius 3 is 2.90 bits per heavy atom. The molecule has 0 radical (unpaired) electrons. The van der Waals surface area contributed by atoms with Crippen molar-refractivity contribution in [2.75, 3.05) is 0 Å². The van der Waals surface area contributed by atoms with Gasteiger partial charge in [0.1, 0.15) is 0 Å². The van der Waals surface area contributed by atoms with Crippen LogP contribution in [-0.2, 0) is 9.05 Å². The molecule has 0 unspecified atom stereocenters. The lowest BCUT2D eigenvalue weighted by Gasteiger charge is -1.82. The number of rotatable bonds is 1. The molecule has 0 aliphatic carbocycles. The highest BCUT2D eigenvalue weighted by atomic mass is 35.7. The van der Waals surface area contributed by atoms with Gasteiger partial charge < -0.3 is 0 Å². The lowest BCUT2D eigenvalue weighted by atomic mass is 10.8. The van der Waals surface area contributed by atoms with Crippen molar-refractivity contribution >= 4 is 31.1 Å². The molecule has 0 aromatic carbocycles. The minimum Gasteiger partial charge on any atom is -0.249 e. The first-order chi connectivity index (χ1) is 5.71. The smallest absolute Gasteiger partial charge is 0.249 e. The van der Waals surface area contributed by atoms with E-state index in [2.05, 4.69) is 4.98 Å². The zero-order valence-electron chi connectivity index (χ0n) is 7.54. The molecule has 56 valence electrons. The van der Waals surface area contributed by atoms with Gasteiger partial charge in [-0.15, -0.1) is 11.3 Å². The fraction of sp³-hybridized carbons (Fsp3) is 0.250. The summed E-state index contributed by atoms with van der Waals surface area (Å²) in [5.41, 5.74) is 0. The van der Waals surface area contributed by atoms with Crippen LogP contribution in [0.5, 0.6) is 0 Å². The molecule has 10 heavy (non-hydrogen) atoms. The fourth-order valence-electron chi connectivity index (χ4n) is 0.372. The molecule has 0 aliphatic heterocycles. The van der Waals surface area contributed by atoms with Gasteiger partial charge in [0.25, 0.3) is 9.05 Å². The van der Waals surface area contributed by atoms with Crippen molar-refractivity contribution in [2.24, 2.45) is 0 Å². The average Bonchev–Trinajstić information content (AvgIpc) is 2.28. The van der Waals surface area contributed by atoms with Crippen LogP contribution >= 0.6 is 22.0 Å². The quantitative estimate of drug-likeness (QED) is 0.644. The molecule has 1 aromatic rings. The van der Waals surface area contributed by atoms with E-state index in [4.69, 9.17) is 14.8 Å². The van der Waals surface area contributed by atoms with E-state index in [1.807, 2.05) is 0 Å². The molecule has 0 spiro atoms. The van der Waals surface area contributed by atoms with Gasteiger partial charge in [0.05, 0.1) is 11.2 Å². The molecule has 0 fully saturated rings. The number of hydrogen-bond acceptors (Lipinski definition) is 4. The Morgan fingerprint density at radius 1 is 1.90 bits per heavy atom. The van der Waals surface area contributed by atoms with Gasteiger partial charge in [-0.1, -0.05) is 0 Å². The molecular formula is C4H4ClNO2S2. The highest BCUT2D eigenvalue weighted by Crippen LogP contribution is 2.21. The van der Waals surface area contributed by atoms with E-state index in [-0.39, 0.29) is 9.22 Å². The van der Waals surface area contributed by atoms with Crippen molar-refractivity contribution in [1.82, 2.24) is 4.98 Å². The Balaban J connectivity index is 3.16. The Kier molecular flexibility index (Phi) is 1.16. The van der Waals surface area contributed by atoms with Gasteiger partial charge in [-0.05, 0) is 6.85 Å². The van der Waals surface area contributed by atoms with Crippen LogP contribution in [0.2, 0.25) is 0 Å². The summed E-state index contributed by atoms with van der Waals surface area (Å²) in [6, 6.07) is 0. The third-order valence-electron chi connectivity index (χ3n) is 0.725. The molecule has 1 rings (SSSR count). The minimum absolute atomic E-state index is 0.230. The van der Waals surface area contributed by atoms with Crippen molar-refractivity contribution in [1.29, 1.82) is 0 Å². The topological polar surface area (TPSA) is 47.0 Å². The van der Waals surface area contributed by atoms with E-state index in [0.29, 0.717) is 11.3 Å². The monoisotopic (exact) mass is 200 g/mol. The van der Waals surface area contributed by atoms with Crippen LogP contribution in [0.4, 0.5) is 0 Å². The van der Waals surface area contributed by atoms with Crippen LogP contribution in [0.25, 0.3) is 0 Å². The maximum absolute atomic E-state index is 10.7. The van der Waals surface area contributed by atoms with Crippen LogP contribution in [0.1, 0.15) is 9.12 Å². The van der Waals surface area contributed by atoms with Crippen LogP contribution in [-0.4, -0.2) is 13.4 Å². The van der Waals surface area contributed by atoms with Crippen LogP contribution in [0.3, 0.4) is 0 Å². The van der Waals surface area contributed by atoms with Gasteiger partial charge in [-0.2, -0.15) is 0 Å². The average molecular weight is 201 g/mol. The van der Waals surface area contributed by atoms with E-state index in [0.717, 1.165) is 6.20 Å². The normalized spacial score (nSPS) is 17.5. The third-order valence-corrected chi connectivity index (χ3v) is 3.60. The molecule has 6 heteroatoms. The molecule has 0 amide bonds. The molecule has 0 aliphatic rings. The van der Waals surface area contributed by atoms with Crippen LogP contribution in [0.15, 0.2) is 10.4 Å². The van der Waals surface area contributed by atoms with Gasteiger partial charge in [0, 0.05) is 14.8 Å². The predicted octanol–water partition coefficient (Wildman–Crippen LogP) is 1.38. The summed E-state index contributed by atoms with van der Waals surface area (Å²) < 4.78 is 42.0. The standard InChI is InChI=1S/C4H4ClNO2S2/c1-3-6-2-4(9-3)10(5,7)8/h2H,1H3/i1D3. The molecule has 0 saturated carbocycles. The van der Waals surface area contributed by atoms with Crippen molar-refractivity contribution < 1.29 is 12.5 Å². The van der Waals surface area contributed by atoms with Gasteiger partial charge in [-0.3, -0.25) is 0 Å². The summed E-state index contributed by atoms with van der Waals surface area (Å²) in [6.45, 7) is -2.38. The predicted molar refractivity (Wildman–Crippen MR) is 39.9 cm³/mol. The van der Waals surface area contributed by atoms with Crippen molar-refractivity contribution in [3.8, 4) is 0 Å². The summed E-state index contributed by atoms with van der Waals surface area (Å²) in [6.07, 6.45) is 0.939. The second-order valence-corrected chi connectivity index (χ2v) is 5.25. The van der Waals surface area contributed by atoms with Crippen LogP contribution in [0, 0.1) is 6.85 Å². The molecule has 3 nitrogen and oxygen atoms in total. The summed E-state index contributed by atoms with van der Waals surface area (Å²) in [4.78, 5) is 3.45. The number of aryl methyl sites for hydroxylation is 1. The molecule has 1 aromatic heterocycles. The lowest BCUT2D eigenvalue weighted by molar-refractivity contribution is 0.611. The van der Waals surface area contributed by atoms with E-state index in [9.17, 15) is 8.42 Å². The van der Waals surface area contributed by atoms with Crippen molar-refractivity contribution in [3.05, 3.63) is 11.2 Å². The molecular weight excluding hydrogens is 194 g/mol. The number of nitrogens with zero attached hydrogens (tertiary/aromatic N) is 1. The summed E-state index contributed by atoms with van der Waals surface area (Å²) in [7, 11) is 1.12. The van der Waals surface area contributed by atoms with Gasteiger partial charge in [0.2, 0.25) is 0 Å². The summed E-state index contributed by atoms with van der Waals surface area (Å²) in [5.74, 6) is 0. The first kappa shape index (κ1) is 4.69. The van der Waals surface area contributed by atoms with E-state index in [1.54, 1.807) is 0 Å². The second-order valence-electron chi connectivity index (χ2n) is 1.42. The Morgan fingerprint density at radius 2 is 2.60 bits per heavy atom.